The molecule has 1 aliphatic rings. The Labute approximate surface area is 116 Å². The fourth-order valence-corrected chi connectivity index (χ4v) is 2.71. The van der Waals surface area contributed by atoms with E-state index in [2.05, 4.69) is 36.2 Å². The molecule has 1 aromatic rings. The second kappa shape index (κ2) is 7.63. The standard InChI is InChI=1S/C16H26N2O/c1-18(12-14-6-5-11-19-13-14)10-9-16(17)15-7-3-2-4-8-15/h2-4,7-8,14,16H,5-6,9-13,17H2,1H3. The molecule has 1 aliphatic heterocycles. The third-order valence-electron chi connectivity index (χ3n) is 3.87. The van der Waals surface area contributed by atoms with Crippen molar-refractivity contribution in [3.63, 3.8) is 0 Å². The molecule has 19 heavy (non-hydrogen) atoms. The van der Waals surface area contributed by atoms with Gasteiger partial charge in [-0.15, -0.1) is 0 Å². The van der Waals surface area contributed by atoms with Crippen molar-refractivity contribution in [2.45, 2.75) is 25.3 Å². The monoisotopic (exact) mass is 262 g/mol. The van der Waals surface area contributed by atoms with Gasteiger partial charge in [0.05, 0.1) is 6.61 Å². The van der Waals surface area contributed by atoms with E-state index in [1.54, 1.807) is 0 Å². The predicted octanol–water partition coefficient (Wildman–Crippen LogP) is 2.43. The number of hydrogen-bond acceptors (Lipinski definition) is 3. The molecule has 1 saturated heterocycles. The molecule has 0 amide bonds. The van der Waals surface area contributed by atoms with Crippen molar-refractivity contribution in [3.05, 3.63) is 35.9 Å². The molecule has 0 aromatic heterocycles. The van der Waals surface area contributed by atoms with Crippen molar-refractivity contribution >= 4 is 0 Å². The average Bonchev–Trinajstić information content (AvgIpc) is 2.47. The van der Waals surface area contributed by atoms with Crippen molar-refractivity contribution in [2.24, 2.45) is 11.7 Å². The van der Waals surface area contributed by atoms with Crippen molar-refractivity contribution in [3.8, 4) is 0 Å². The minimum atomic E-state index is 0.145. The van der Waals surface area contributed by atoms with Crippen LogP contribution in [0.2, 0.25) is 0 Å². The zero-order valence-electron chi connectivity index (χ0n) is 11.9. The van der Waals surface area contributed by atoms with Gasteiger partial charge in [-0.05, 0) is 44.3 Å². The van der Waals surface area contributed by atoms with Crippen LogP contribution in [0.15, 0.2) is 30.3 Å². The Balaban J connectivity index is 1.69. The molecule has 1 fully saturated rings. The molecule has 0 saturated carbocycles. The maximum atomic E-state index is 6.23. The Hall–Kier alpha value is -0.900. The lowest BCUT2D eigenvalue weighted by atomic mass is 10.0. The van der Waals surface area contributed by atoms with Crippen LogP contribution >= 0.6 is 0 Å². The lowest BCUT2D eigenvalue weighted by Crippen LogP contribution is -2.32. The molecule has 0 radical (unpaired) electrons. The summed E-state index contributed by atoms with van der Waals surface area (Å²) in [7, 11) is 2.19. The molecular formula is C16H26N2O. The highest BCUT2D eigenvalue weighted by Crippen LogP contribution is 2.16. The maximum Gasteiger partial charge on any atom is 0.0506 e. The van der Waals surface area contributed by atoms with Gasteiger partial charge in [0.25, 0.3) is 0 Å². The first-order chi connectivity index (χ1) is 9.25. The molecule has 106 valence electrons. The van der Waals surface area contributed by atoms with Crippen molar-refractivity contribution < 1.29 is 4.74 Å². The van der Waals surface area contributed by atoms with E-state index in [-0.39, 0.29) is 6.04 Å². The van der Waals surface area contributed by atoms with E-state index in [1.165, 1.54) is 18.4 Å². The van der Waals surface area contributed by atoms with Gasteiger partial charge >= 0.3 is 0 Å². The van der Waals surface area contributed by atoms with Gasteiger partial charge in [-0.2, -0.15) is 0 Å². The van der Waals surface area contributed by atoms with Gasteiger partial charge in [-0.25, -0.2) is 0 Å². The van der Waals surface area contributed by atoms with Crippen LogP contribution in [0, 0.1) is 5.92 Å². The lowest BCUT2D eigenvalue weighted by molar-refractivity contribution is 0.0417. The predicted molar refractivity (Wildman–Crippen MR) is 79.0 cm³/mol. The largest absolute Gasteiger partial charge is 0.381 e. The van der Waals surface area contributed by atoms with Crippen LogP contribution in [0.3, 0.4) is 0 Å². The summed E-state index contributed by atoms with van der Waals surface area (Å²) in [6.07, 6.45) is 3.52. The summed E-state index contributed by atoms with van der Waals surface area (Å²) in [5, 5.41) is 0. The lowest BCUT2D eigenvalue weighted by Gasteiger charge is -2.27. The van der Waals surface area contributed by atoms with Crippen LogP contribution in [0.4, 0.5) is 0 Å². The van der Waals surface area contributed by atoms with E-state index < -0.39 is 0 Å². The van der Waals surface area contributed by atoms with Gasteiger partial charge in [-0.1, -0.05) is 30.3 Å². The van der Waals surface area contributed by atoms with Gasteiger partial charge in [0.2, 0.25) is 0 Å². The van der Waals surface area contributed by atoms with Gasteiger partial charge in [0, 0.05) is 19.2 Å². The molecule has 1 heterocycles. The van der Waals surface area contributed by atoms with E-state index in [4.69, 9.17) is 10.5 Å². The van der Waals surface area contributed by atoms with Crippen molar-refractivity contribution in [1.82, 2.24) is 4.90 Å². The van der Waals surface area contributed by atoms with Crippen LogP contribution in [0.1, 0.15) is 30.9 Å². The number of ether oxygens (including phenoxy) is 1. The molecule has 2 atom stereocenters. The SMILES string of the molecule is CN(CCC(N)c1ccccc1)CC1CCCOC1. The second-order valence-corrected chi connectivity index (χ2v) is 5.65. The molecule has 2 N–H and O–H groups in total. The highest BCUT2D eigenvalue weighted by molar-refractivity contribution is 5.18. The van der Waals surface area contributed by atoms with E-state index in [0.717, 1.165) is 32.7 Å². The Bertz CT molecular complexity index is 349. The Morgan fingerprint density at radius 3 is 2.84 bits per heavy atom. The summed E-state index contributed by atoms with van der Waals surface area (Å²) in [6, 6.07) is 10.5. The van der Waals surface area contributed by atoms with Gasteiger partial charge in [0.15, 0.2) is 0 Å². The molecule has 0 aliphatic carbocycles. The molecule has 0 spiro atoms. The third-order valence-corrected chi connectivity index (χ3v) is 3.87. The number of nitrogens with zero attached hydrogens (tertiary/aromatic N) is 1. The highest BCUT2D eigenvalue weighted by atomic mass is 16.5. The zero-order chi connectivity index (χ0) is 13.5. The first kappa shape index (κ1) is 14.5. The minimum Gasteiger partial charge on any atom is -0.381 e. The van der Waals surface area contributed by atoms with Crippen LogP contribution < -0.4 is 5.73 Å². The Morgan fingerprint density at radius 2 is 2.16 bits per heavy atom. The zero-order valence-corrected chi connectivity index (χ0v) is 11.9. The topological polar surface area (TPSA) is 38.5 Å². The quantitative estimate of drug-likeness (QED) is 0.855. The molecule has 3 nitrogen and oxygen atoms in total. The van der Waals surface area contributed by atoms with E-state index in [1.807, 2.05) is 6.07 Å². The van der Waals surface area contributed by atoms with Gasteiger partial charge in [0.1, 0.15) is 0 Å². The smallest absolute Gasteiger partial charge is 0.0506 e. The summed E-state index contributed by atoms with van der Waals surface area (Å²) in [5.74, 6) is 0.701. The second-order valence-electron chi connectivity index (χ2n) is 5.65. The van der Waals surface area contributed by atoms with E-state index >= 15 is 0 Å². The summed E-state index contributed by atoms with van der Waals surface area (Å²) >= 11 is 0. The number of hydrogen-bond donors (Lipinski definition) is 1. The molecule has 2 rings (SSSR count). The summed E-state index contributed by atoms with van der Waals surface area (Å²) in [5.41, 5.74) is 7.46. The number of rotatable bonds is 6. The van der Waals surface area contributed by atoms with Crippen molar-refractivity contribution in [2.75, 3.05) is 33.4 Å². The summed E-state index contributed by atoms with van der Waals surface area (Å²) in [6.45, 7) is 4.04. The third kappa shape index (κ3) is 4.94. The van der Waals surface area contributed by atoms with Crippen LogP contribution in [0.5, 0.6) is 0 Å². The summed E-state index contributed by atoms with van der Waals surface area (Å²) < 4.78 is 5.53. The molecule has 1 aromatic carbocycles. The fourth-order valence-electron chi connectivity index (χ4n) is 2.71. The molecule has 3 heteroatoms. The van der Waals surface area contributed by atoms with Crippen molar-refractivity contribution in [1.29, 1.82) is 0 Å². The first-order valence-electron chi connectivity index (χ1n) is 7.32. The molecule has 0 bridgehead atoms. The van der Waals surface area contributed by atoms with E-state index in [9.17, 15) is 0 Å². The normalized spacial score (nSPS) is 21.5. The number of nitrogens with two attached hydrogens (primary N) is 1. The van der Waals surface area contributed by atoms with Gasteiger partial charge < -0.3 is 15.4 Å². The van der Waals surface area contributed by atoms with Crippen LogP contribution in [-0.2, 0) is 4.74 Å². The highest BCUT2D eigenvalue weighted by Gasteiger charge is 2.16. The number of benzene rings is 1. The van der Waals surface area contributed by atoms with Crippen LogP contribution in [0.25, 0.3) is 0 Å². The van der Waals surface area contributed by atoms with E-state index in [0.29, 0.717) is 5.92 Å². The Kier molecular flexibility index (Phi) is 5.83. The van der Waals surface area contributed by atoms with Crippen LogP contribution in [-0.4, -0.2) is 38.3 Å². The first-order valence-corrected chi connectivity index (χ1v) is 7.32. The molecule has 2 unspecified atom stereocenters. The maximum absolute atomic E-state index is 6.23. The average molecular weight is 262 g/mol. The van der Waals surface area contributed by atoms with Gasteiger partial charge in [-0.3, -0.25) is 0 Å². The fraction of sp³-hybridized carbons (Fsp3) is 0.625. The Morgan fingerprint density at radius 1 is 1.37 bits per heavy atom. The molecular weight excluding hydrogens is 236 g/mol. The minimum absolute atomic E-state index is 0.145. The summed E-state index contributed by atoms with van der Waals surface area (Å²) in [4.78, 5) is 2.39.